The van der Waals surface area contributed by atoms with Gasteiger partial charge in [-0.15, -0.1) is 0 Å². The zero-order valence-corrected chi connectivity index (χ0v) is 12.1. The predicted molar refractivity (Wildman–Crippen MR) is 76.0 cm³/mol. The van der Waals surface area contributed by atoms with Gasteiger partial charge < -0.3 is 10.4 Å². The molecule has 0 aromatic carbocycles. The molecule has 0 radical (unpaired) electrons. The van der Waals surface area contributed by atoms with Crippen molar-refractivity contribution in [2.45, 2.75) is 40.0 Å². The molecule has 0 saturated heterocycles. The molecule has 4 nitrogen and oxygen atoms in total. The first-order valence-electron chi connectivity index (χ1n) is 6.87. The highest BCUT2D eigenvalue weighted by Gasteiger charge is 2.26. The van der Waals surface area contributed by atoms with Gasteiger partial charge in [-0.1, -0.05) is 13.8 Å². The third kappa shape index (κ3) is 4.31. The smallest absolute Gasteiger partial charge is 0.252 e. The van der Waals surface area contributed by atoms with Gasteiger partial charge in [-0.2, -0.15) is 0 Å². The number of pyridine rings is 1. The Hall–Kier alpha value is -1.42. The van der Waals surface area contributed by atoms with Gasteiger partial charge in [0, 0.05) is 25.5 Å². The van der Waals surface area contributed by atoms with Gasteiger partial charge in [-0.05, 0) is 43.2 Å². The van der Waals surface area contributed by atoms with E-state index in [1.807, 2.05) is 13.0 Å². The monoisotopic (exact) mass is 264 g/mol. The van der Waals surface area contributed by atoms with E-state index in [0.29, 0.717) is 18.5 Å². The average Bonchev–Trinajstić information content (AvgIpc) is 2.43. The van der Waals surface area contributed by atoms with Crippen LogP contribution in [-0.2, 0) is 0 Å². The van der Waals surface area contributed by atoms with Gasteiger partial charge in [-0.3, -0.25) is 9.78 Å². The Balaban J connectivity index is 2.66. The number of nitrogens with one attached hydrogen (secondary N) is 1. The molecule has 1 aromatic rings. The van der Waals surface area contributed by atoms with Crippen molar-refractivity contribution in [1.82, 2.24) is 10.3 Å². The van der Waals surface area contributed by atoms with Crippen LogP contribution in [0.2, 0.25) is 0 Å². The summed E-state index contributed by atoms with van der Waals surface area (Å²) in [6.07, 6.45) is 5.90. The Morgan fingerprint density at radius 3 is 2.58 bits per heavy atom. The van der Waals surface area contributed by atoms with Gasteiger partial charge in [0.05, 0.1) is 5.56 Å². The van der Waals surface area contributed by atoms with Crippen LogP contribution in [0, 0.1) is 12.3 Å². The first-order valence-corrected chi connectivity index (χ1v) is 6.87. The van der Waals surface area contributed by atoms with E-state index < -0.39 is 0 Å². The van der Waals surface area contributed by atoms with E-state index >= 15 is 0 Å². The Morgan fingerprint density at radius 1 is 1.37 bits per heavy atom. The number of hydrogen-bond donors (Lipinski definition) is 2. The van der Waals surface area contributed by atoms with Gasteiger partial charge in [0.2, 0.25) is 0 Å². The Labute approximate surface area is 115 Å². The van der Waals surface area contributed by atoms with Crippen molar-refractivity contribution in [3.63, 3.8) is 0 Å². The quantitative estimate of drug-likeness (QED) is 0.794. The minimum absolute atomic E-state index is 0.0122. The average molecular weight is 264 g/mol. The highest BCUT2D eigenvalue weighted by molar-refractivity contribution is 5.94. The number of nitrogens with zero attached hydrogens (tertiary/aromatic N) is 1. The summed E-state index contributed by atoms with van der Waals surface area (Å²) in [4.78, 5) is 16.1. The van der Waals surface area contributed by atoms with E-state index in [1.54, 1.807) is 12.4 Å². The summed E-state index contributed by atoms with van der Waals surface area (Å²) in [6, 6.07) is 1.83. The van der Waals surface area contributed by atoms with Crippen LogP contribution in [-0.4, -0.2) is 29.1 Å². The molecule has 1 heterocycles. The first kappa shape index (κ1) is 15.6. The molecule has 0 aliphatic rings. The number of aliphatic hydroxyl groups excluding tert-OH is 1. The van der Waals surface area contributed by atoms with E-state index in [2.05, 4.69) is 24.1 Å². The maximum absolute atomic E-state index is 12.1. The maximum Gasteiger partial charge on any atom is 0.252 e. The molecule has 19 heavy (non-hydrogen) atoms. The molecule has 0 aliphatic carbocycles. The van der Waals surface area contributed by atoms with Crippen molar-refractivity contribution in [2.24, 2.45) is 5.41 Å². The number of hydrogen-bond acceptors (Lipinski definition) is 3. The van der Waals surface area contributed by atoms with Crippen molar-refractivity contribution in [3.05, 3.63) is 29.6 Å². The highest BCUT2D eigenvalue weighted by atomic mass is 16.3. The Morgan fingerprint density at radius 2 is 2.05 bits per heavy atom. The Kier molecular flexibility index (Phi) is 5.96. The molecule has 0 bridgehead atoms. The molecule has 1 aromatic heterocycles. The summed E-state index contributed by atoms with van der Waals surface area (Å²) in [5, 5.41) is 12.1. The summed E-state index contributed by atoms with van der Waals surface area (Å²) in [6.45, 7) is 6.86. The molecule has 0 saturated carbocycles. The third-order valence-corrected chi connectivity index (χ3v) is 3.90. The van der Waals surface area contributed by atoms with Crippen molar-refractivity contribution >= 4 is 5.91 Å². The lowest BCUT2D eigenvalue weighted by Gasteiger charge is -2.31. The topological polar surface area (TPSA) is 62.2 Å². The Bertz CT molecular complexity index is 414. The number of aromatic nitrogens is 1. The molecule has 1 amide bonds. The zero-order chi connectivity index (χ0) is 14.3. The third-order valence-electron chi connectivity index (χ3n) is 3.90. The fourth-order valence-corrected chi connectivity index (χ4v) is 2.23. The predicted octanol–water partition coefficient (Wildman–Crippen LogP) is 2.31. The van der Waals surface area contributed by atoms with Crippen LogP contribution in [0.25, 0.3) is 0 Å². The van der Waals surface area contributed by atoms with Crippen LogP contribution in [0.15, 0.2) is 18.5 Å². The van der Waals surface area contributed by atoms with E-state index in [-0.39, 0.29) is 17.9 Å². The first-order chi connectivity index (χ1) is 9.06. The number of rotatable bonds is 7. The van der Waals surface area contributed by atoms with E-state index in [1.165, 1.54) is 0 Å². The minimum atomic E-state index is -0.0968. The SMILES string of the molecule is CCC(CC)(CCO)CNC(=O)c1cncc(C)c1. The molecule has 0 fully saturated rings. The molecule has 4 heteroatoms. The largest absolute Gasteiger partial charge is 0.396 e. The maximum atomic E-state index is 12.1. The highest BCUT2D eigenvalue weighted by Crippen LogP contribution is 2.29. The molecular weight excluding hydrogens is 240 g/mol. The zero-order valence-electron chi connectivity index (χ0n) is 12.1. The van der Waals surface area contributed by atoms with Gasteiger partial charge in [0.15, 0.2) is 0 Å². The number of aliphatic hydroxyl groups is 1. The van der Waals surface area contributed by atoms with E-state index in [0.717, 1.165) is 18.4 Å². The van der Waals surface area contributed by atoms with Crippen molar-refractivity contribution in [3.8, 4) is 0 Å². The number of aryl methyl sites for hydroxylation is 1. The van der Waals surface area contributed by atoms with Crippen LogP contribution >= 0.6 is 0 Å². The lowest BCUT2D eigenvalue weighted by Crippen LogP contribution is -2.37. The summed E-state index contributed by atoms with van der Waals surface area (Å²) in [5.41, 5.74) is 1.55. The molecule has 106 valence electrons. The van der Waals surface area contributed by atoms with Gasteiger partial charge >= 0.3 is 0 Å². The fourth-order valence-electron chi connectivity index (χ4n) is 2.23. The molecule has 1 rings (SSSR count). The lowest BCUT2D eigenvalue weighted by molar-refractivity contribution is 0.0907. The number of amides is 1. The van der Waals surface area contributed by atoms with E-state index in [4.69, 9.17) is 5.11 Å². The molecule has 0 unspecified atom stereocenters. The van der Waals surface area contributed by atoms with Crippen molar-refractivity contribution in [1.29, 1.82) is 0 Å². The van der Waals surface area contributed by atoms with Gasteiger partial charge in [0.1, 0.15) is 0 Å². The second-order valence-corrected chi connectivity index (χ2v) is 5.11. The minimum Gasteiger partial charge on any atom is -0.396 e. The summed E-state index contributed by atoms with van der Waals surface area (Å²) < 4.78 is 0. The van der Waals surface area contributed by atoms with Crippen molar-refractivity contribution in [2.75, 3.05) is 13.2 Å². The van der Waals surface area contributed by atoms with Gasteiger partial charge in [0.25, 0.3) is 5.91 Å². The molecule has 0 aliphatic heterocycles. The number of carbonyl (C=O) groups excluding carboxylic acids is 1. The molecule has 0 atom stereocenters. The van der Waals surface area contributed by atoms with Crippen LogP contribution in [0.4, 0.5) is 0 Å². The molecular formula is C15H24N2O2. The molecule has 2 N–H and O–H groups in total. The van der Waals surface area contributed by atoms with Crippen molar-refractivity contribution < 1.29 is 9.90 Å². The van der Waals surface area contributed by atoms with Crippen LogP contribution in [0.3, 0.4) is 0 Å². The summed E-state index contributed by atoms with van der Waals surface area (Å²) in [7, 11) is 0. The van der Waals surface area contributed by atoms with Crippen LogP contribution in [0.5, 0.6) is 0 Å². The second kappa shape index (κ2) is 7.24. The normalized spacial score (nSPS) is 11.4. The molecule has 0 spiro atoms. The number of carbonyl (C=O) groups is 1. The van der Waals surface area contributed by atoms with Crippen LogP contribution < -0.4 is 5.32 Å². The lowest BCUT2D eigenvalue weighted by atomic mass is 9.79. The standard InChI is InChI=1S/C15H24N2O2/c1-4-15(5-2,6-7-18)11-17-14(19)13-8-12(3)9-16-10-13/h8-10,18H,4-7,11H2,1-3H3,(H,17,19). The van der Waals surface area contributed by atoms with Crippen LogP contribution in [0.1, 0.15) is 49.0 Å². The fraction of sp³-hybridized carbons (Fsp3) is 0.600. The van der Waals surface area contributed by atoms with E-state index in [9.17, 15) is 4.79 Å². The van der Waals surface area contributed by atoms with Gasteiger partial charge in [-0.25, -0.2) is 0 Å². The second-order valence-electron chi connectivity index (χ2n) is 5.11. The summed E-state index contributed by atoms with van der Waals surface area (Å²) >= 11 is 0. The summed E-state index contributed by atoms with van der Waals surface area (Å²) in [5.74, 6) is -0.0968.